The molecule has 4 nitrogen and oxygen atoms in total. The summed E-state index contributed by atoms with van der Waals surface area (Å²) in [5, 5.41) is 3.28. The van der Waals surface area contributed by atoms with E-state index in [1.165, 1.54) is 11.1 Å². The Morgan fingerprint density at radius 2 is 2.04 bits per heavy atom. The van der Waals surface area contributed by atoms with Crippen LogP contribution in [0.5, 0.6) is 5.75 Å². The van der Waals surface area contributed by atoms with Crippen molar-refractivity contribution in [1.29, 1.82) is 0 Å². The number of piperazine rings is 1. The van der Waals surface area contributed by atoms with E-state index < -0.39 is 0 Å². The normalized spacial score (nSPS) is 16.2. The second-order valence-corrected chi connectivity index (χ2v) is 6.23. The fourth-order valence-corrected chi connectivity index (χ4v) is 3.06. The van der Waals surface area contributed by atoms with Crippen molar-refractivity contribution in [3.8, 4) is 5.75 Å². The summed E-state index contributed by atoms with van der Waals surface area (Å²) in [7, 11) is 0. The fourth-order valence-electron chi connectivity index (χ4n) is 3.06. The molecule has 0 aromatic heterocycles. The van der Waals surface area contributed by atoms with Gasteiger partial charge in [-0.05, 0) is 42.9 Å². The van der Waals surface area contributed by atoms with Crippen molar-refractivity contribution in [2.45, 2.75) is 46.0 Å². The topological polar surface area (TPSA) is 41.6 Å². The van der Waals surface area contributed by atoms with Crippen LogP contribution in [0.15, 0.2) is 18.2 Å². The molecule has 1 unspecified atom stereocenters. The molecule has 1 aliphatic heterocycles. The van der Waals surface area contributed by atoms with Gasteiger partial charge in [0.25, 0.3) is 0 Å². The highest BCUT2D eigenvalue weighted by Gasteiger charge is 2.19. The molecule has 2 rings (SSSR count). The molecule has 128 valence electrons. The van der Waals surface area contributed by atoms with Crippen LogP contribution in [-0.2, 0) is 11.2 Å². The molecular formula is C19H30N2O2. The van der Waals surface area contributed by atoms with Gasteiger partial charge >= 0.3 is 0 Å². The predicted molar refractivity (Wildman–Crippen MR) is 94.1 cm³/mol. The lowest BCUT2D eigenvalue weighted by molar-refractivity contribution is -0.131. The maximum absolute atomic E-state index is 12.3. The molecule has 1 aromatic rings. The van der Waals surface area contributed by atoms with Crippen LogP contribution in [0, 0.1) is 0 Å². The van der Waals surface area contributed by atoms with Crippen LogP contribution in [0.4, 0.5) is 0 Å². The first-order valence-corrected chi connectivity index (χ1v) is 8.89. The van der Waals surface area contributed by atoms with Crippen molar-refractivity contribution in [3.05, 3.63) is 29.3 Å². The average Bonchev–Trinajstić information content (AvgIpc) is 2.60. The van der Waals surface area contributed by atoms with Crippen molar-refractivity contribution in [2.24, 2.45) is 0 Å². The number of rotatable bonds is 7. The molecule has 1 N–H and O–H groups in total. The van der Waals surface area contributed by atoms with E-state index in [4.69, 9.17) is 4.74 Å². The molecule has 1 fully saturated rings. The zero-order valence-corrected chi connectivity index (χ0v) is 14.7. The molecule has 1 atom stereocenters. The molecule has 0 aliphatic carbocycles. The highest BCUT2D eigenvalue weighted by atomic mass is 16.5. The number of hydrogen-bond acceptors (Lipinski definition) is 3. The van der Waals surface area contributed by atoms with E-state index in [2.05, 4.69) is 37.4 Å². The van der Waals surface area contributed by atoms with Crippen LogP contribution in [0.1, 0.15) is 50.7 Å². The van der Waals surface area contributed by atoms with Crippen LogP contribution in [-0.4, -0.2) is 43.6 Å². The molecule has 1 saturated heterocycles. The van der Waals surface area contributed by atoms with Crippen molar-refractivity contribution in [1.82, 2.24) is 10.2 Å². The van der Waals surface area contributed by atoms with E-state index in [1.54, 1.807) is 0 Å². The Hall–Kier alpha value is -1.55. The minimum Gasteiger partial charge on any atom is -0.494 e. The first-order valence-electron chi connectivity index (χ1n) is 8.89. The second-order valence-electron chi connectivity index (χ2n) is 6.23. The number of nitrogens with one attached hydrogen (secondary N) is 1. The summed E-state index contributed by atoms with van der Waals surface area (Å²) in [5.41, 5.74) is 2.56. The Balaban J connectivity index is 1.98. The fraction of sp³-hybridized carbons (Fsp3) is 0.632. The number of amides is 1. The van der Waals surface area contributed by atoms with Gasteiger partial charge in [0.1, 0.15) is 5.75 Å². The summed E-state index contributed by atoms with van der Waals surface area (Å²) >= 11 is 0. The summed E-state index contributed by atoms with van der Waals surface area (Å²) in [4.78, 5) is 14.3. The number of carbonyl (C=O) groups excluding carboxylic acids is 1. The molecule has 0 spiro atoms. The molecule has 23 heavy (non-hydrogen) atoms. The summed E-state index contributed by atoms with van der Waals surface area (Å²) < 4.78 is 5.78. The Labute approximate surface area is 140 Å². The Morgan fingerprint density at radius 1 is 1.30 bits per heavy atom. The summed E-state index contributed by atoms with van der Waals surface area (Å²) in [6.07, 6.45) is 2.50. The zero-order chi connectivity index (χ0) is 16.7. The molecular weight excluding hydrogens is 288 g/mol. The molecule has 1 amide bonds. The van der Waals surface area contributed by atoms with Crippen LogP contribution in [0.2, 0.25) is 0 Å². The molecule has 4 heteroatoms. The van der Waals surface area contributed by atoms with Gasteiger partial charge in [0.05, 0.1) is 6.61 Å². The molecule has 1 aromatic carbocycles. The van der Waals surface area contributed by atoms with Crippen LogP contribution in [0.25, 0.3) is 0 Å². The van der Waals surface area contributed by atoms with Crippen molar-refractivity contribution in [2.75, 3.05) is 32.8 Å². The van der Waals surface area contributed by atoms with Gasteiger partial charge in [0, 0.05) is 32.6 Å². The van der Waals surface area contributed by atoms with E-state index in [0.717, 1.165) is 44.8 Å². The van der Waals surface area contributed by atoms with Crippen LogP contribution >= 0.6 is 0 Å². The maximum atomic E-state index is 12.3. The highest BCUT2D eigenvalue weighted by molar-refractivity contribution is 5.76. The quantitative estimate of drug-likeness (QED) is 0.840. The molecule has 0 bridgehead atoms. The van der Waals surface area contributed by atoms with Gasteiger partial charge in [-0.25, -0.2) is 0 Å². The lowest BCUT2D eigenvalue weighted by Crippen LogP contribution is -2.46. The molecule has 1 heterocycles. The highest BCUT2D eigenvalue weighted by Crippen LogP contribution is 2.31. The summed E-state index contributed by atoms with van der Waals surface area (Å²) in [6.45, 7) is 10.5. The van der Waals surface area contributed by atoms with E-state index in [0.29, 0.717) is 18.9 Å². The van der Waals surface area contributed by atoms with Crippen molar-refractivity contribution >= 4 is 5.91 Å². The maximum Gasteiger partial charge on any atom is 0.222 e. The average molecular weight is 318 g/mol. The smallest absolute Gasteiger partial charge is 0.222 e. The monoisotopic (exact) mass is 318 g/mol. The summed E-state index contributed by atoms with van der Waals surface area (Å²) in [5.74, 6) is 1.57. The van der Waals surface area contributed by atoms with Gasteiger partial charge in [0.15, 0.2) is 0 Å². The third kappa shape index (κ3) is 4.96. The second kappa shape index (κ2) is 8.92. The van der Waals surface area contributed by atoms with Gasteiger partial charge in [0.2, 0.25) is 5.91 Å². The Morgan fingerprint density at radius 3 is 2.70 bits per heavy atom. The van der Waals surface area contributed by atoms with E-state index >= 15 is 0 Å². The van der Waals surface area contributed by atoms with Crippen LogP contribution in [0.3, 0.4) is 0 Å². The first kappa shape index (κ1) is 17.8. The predicted octanol–water partition coefficient (Wildman–Crippen LogP) is 2.96. The van der Waals surface area contributed by atoms with Crippen LogP contribution < -0.4 is 10.1 Å². The Kier molecular flexibility index (Phi) is 6.90. The number of carbonyl (C=O) groups is 1. The Bertz CT molecular complexity index is 510. The van der Waals surface area contributed by atoms with Gasteiger partial charge in [-0.3, -0.25) is 4.79 Å². The van der Waals surface area contributed by atoms with E-state index in [9.17, 15) is 4.79 Å². The zero-order valence-electron chi connectivity index (χ0n) is 14.7. The van der Waals surface area contributed by atoms with Crippen molar-refractivity contribution in [3.63, 3.8) is 0 Å². The standard InChI is InChI=1S/C19H30N2O2/c1-4-16-7-8-18(23-5-2)17(14-16)15(3)6-9-19(22)21-12-10-20-11-13-21/h7-8,14-15,20H,4-6,9-13H2,1-3H3. The lowest BCUT2D eigenvalue weighted by atomic mass is 9.93. The SMILES string of the molecule is CCOc1ccc(CC)cc1C(C)CCC(=O)N1CCNCC1. The van der Waals surface area contributed by atoms with E-state index in [1.807, 2.05) is 11.8 Å². The minimum absolute atomic E-state index is 0.281. The van der Waals surface area contributed by atoms with Crippen molar-refractivity contribution < 1.29 is 9.53 Å². The number of benzene rings is 1. The minimum atomic E-state index is 0.281. The first-order chi connectivity index (χ1) is 11.2. The molecule has 0 saturated carbocycles. The number of aryl methyl sites for hydroxylation is 1. The third-order valence-electron chi connectivity index (χ3n) is 4.57. The molecule has 0 radical (unpaired) electrons. The molecule has 1 aliphatic rings. The number of hydrogen-bond donors (Lipinski definition) is 1. The van der Waals surface area contributed by atoms with Gasteiger partial charge in [-0.15, -0.1) is 0 Å². The van der Waals surface area contributed by atoms with Gasteiger partial charge in [-0.1, -0.05) is 26.0 Å². The van der Waals surface area contributed by atoms with E-state index in [-0.39, 0.29) is 5.91 Å². The number of ether oxygens (including phenoxy) is 1. The lowest BCUT2D eigenvalue weighted by Gasteiger charge is -2.28. The number of nitrogens with zero attached hydrogens (tertiary/aromatic N) is 1. The van der Waals surface area contributed by atoms with Gasteiger partial charge < -0.3 is 15.0 Å². The van der Waals surface area contributed by atoms with Gasteiger partial charge in [-0.2, -0.15) is 0 Å². The summed E-state index contributed by atoms with van der Waals surface area (Å²) in [6, 6.07) is 6.45. The third-order valence-corrected chi connectivity index (χ3v) is 4.57. The largest absolute Gasteiger partial charge is 0.494 e.